The second kappa shape index (κ2) is 4.21. The lowest BCUT2D eigenvalue weighted by molar-refractivity contribution is -0.741. The summed E-state index contributed by atoms with van der Waals surface area (Å²) in [6.07, 6.45) is 6.29. The van der Waals surface area contributed by atoms with Crippen molar-refractivity contribution in [1.82, 2.24) is 0 Å². The third-order valence-electron chi connectivity index (χ3n) is 1.80. The molecule has 0 aromatic rings. The third kappa shape index (κ3) is 2.56. The van der Waals surface area contributed by atoms with E-state index in [1.807, 2.05) is 6.20 Å². The number of quaternary nitrogens is 1. The molecule has 2 nitrogen and oxygen atoms in total. The maximum absolute atomic E-state index is 4.29. The third-order valence-corrected chi connectivity index (χ3v) is 1.80. The first-order valence-corrected chi connectivity index (χ1v) is 3.75. The minimum absolute atomic E-state index is 0. The Kier molecular flexibility index (Phi) is 4.25. The number of rotatable bonds is 2. The topological polar surface area (TPSA) is 12.4 Å². The van der Waals surface area contributed by atoms with Gasteiger partial charge in [-0.1, -0.05) is 6.92 Å². The van der Waals surface area contributed by atoms with Gasteiger partial charge in [0.15, 0.2) is 0 Å². The molecule has 0 fully saturated rings. The van der Waals surface area contributed by atoms with E-state index >= 15 is 0 Å². The highest BCUT2D eigenvalue weighted by Crippen LogP contribution is 2.13. The van der Waals surface area contributed by atoms with Crippen molar-refractivity contribution in [3.05, 3.63) is 12.4 Å². The Morgan fingerprint density at radius 3 is 2.45 bits per heavy atom. The Morgan fingerprint density at radius 1 is 1.45 bits per heavy atom. The van der Waals surface area contributed by atoms with Crippen molar-refractivity contribution in [2.75, 3.05) is 14.1 Å². The molecule has 0 spiro atoms. The molecule has 0 saturated heterocycles. The molecule has 0 aromatic heterocycles. The fraction of sp³-hybridized carbons (Fsp3) is 0.625. The van der Waals surface area contributed by atoms with Gasteiger partial charge < -0.3 is 24.0 Å². The highest BCUT2D eigenvalue weighted by molar-refractivity contribution is 5.77. The fourth-order valence-corrected chi connectivity index (χ4v) is 1.10. The Labute approximate surface area is 85.6 Å². The van der Waals surface area contributed by atoms with E-state index in [4.69, 9.17) is 0 Å². The van der Waals surface area contributed by atoms with Crippen LogP contribution in [0.3, 0.4) is 0 Å². The van der Waals surface area contributed by atoms with Gasteiger partial charge in [0.25, 0.3) is 0 Å². The second-order valence-corrected chi connectivity index (χ2v) is 3.13. The van der Waals surface area contributed by atoms with Crippen molar-refractivity contribution in [2.45, 2.75) is 19.8 Å². The minimum atomic E-state index is 0. The molecular formula is C8H15IN2. The van der Waals surface area contributed by atoms with E-state index < -0.39 is 0 Å². The highest BCUT2D eigenvalue weighted by atomic mass is 127. The molecule has 64 valence electrons. The van der Waals surface area contributed by atoms with E-state index in [0.717, 1.165) is 10.9 Å². The van der Waals surface area contributed by atoms with Gasteiger partial charge in [0.2, 0.25) is 5.84 Å². The standard InChI is InChI=1S/C8H15N2.HI/c1-4-5-8-9-6-7-10(8,2)3;/h6-7H,4-5H2,1-3H3;1H/q+1;/p-1. The molecule has 0 saturated carbocycles. The van der Waals surface area contributed by atoms with Crippen molar-refractivity contribution < 1.29 is 28.5 Å². The van der Waals surface area contributed by atoms with Crippen LogP contribution in [0, 0.1) is 0 Å². The lowest BCUT2D eigenvalue weighted by Gasteiger charge is -2.20. The zero-order valence-electron chi connectivity index (χ0n) is 7.34. The molecular weight excluding hydrogens is 251 g/mol. The van der Waals surface area contributed by atoms with Crippen LogP contribution in [-0.2, 0) is 0 Å². The normalized spacial score (nSPS) is 19.4. The van der Waals surface area contributed by atoms with Gasteiger partial charge in [0, 0.05) is 6.42 Å². The first kappa shape index (κ1) is 11.1. The predicted octanol–water partition coefficient (Wildman–Crippen LogP) is -1.25. The zero-order chi connectivity index (χ0) is 7.61. The summed E-state index contributed by atoms with van der Waals surface area (Å²) in [6, 6.07) is 0. The summed E-state index contributed by atoms with van der Waals surface area (Å²) >= 11 is 0. The lowest BCUT2D eigenvalue weighted by Crippen LogP contribution is -3.00. The van der Waals surface area contributed by atoms with E-state index in [9.17, 15) is 0 Å². The molecule has 0 bridgehead atoms. The van der Waals surface area contributed by atoms with Crippen LogP contribution in [0.4, 0.5) is 0 Å². The smallest absolute Gasteiger partial charge is 0.207 e. The van der Waals surface area contributed by atoms with E-state index in [1.165, 1.54) is 12.3 Å². The first-order valence-electron chi connectivity index (χ1n) is 3.75. The molecule has 0 amide bonds. The van der Waals surface area contributed by atoms with Gasteiger partial charge in [-0.05, 0) is 6.42 Å². The monoisotopic (exact) mass is 266 g/mol. The Morgan fingerprint density at radius 2 is 2.09 bits per heavy atom. The summed E-state index contributed by atoms with van der Waals surface area (Å²) in [7, 11) is 4.30. The number of amidine groups is 1. The van der Waals surface area contributed by atoms with Crippen LogP contribution >= 0.6 is 0 Å². The first-order chi connectivity index (χ1) is 4.67. The lowest BCUT2D eigenvalue weighted by atomic mass is 10.3. The van der Waals surface area contributed by atoms with Crippen LogP contribution in [0.5, 0.6) is 0 Å². The summed E-state index contributed by atoms with van der Waals surface area (Å²) in [5.41, 5.74) is 0. The molecule has 3 heteroatoms. The van der Waals surface area contributed by atoms with Gasteiger partial charge in [-0.25, -0.2) is 4.99 Å². The Hall–Kier alpha value is 0.1000. The molecule has 0 N–H and O–H groups in total. The number of aliphatic imine (C=N–C) groups is 1. The van der Waals surface area contributed by atoms with E-state index in [1.54, 1.807) is 0 Å². The van der Waals surface area contributed by atoms with E-state index in [2.05, 4.69) is 32.2 Å². The average Bonchev–Trinajstić information content (AvgIpc) is 2.13. The van der Waals surface area contributed by atoms with Gasteiger partial charge in [-0.15, -0.1) is 0 Å². The molecule has 11 heavy (non-hydrogen) atoms. The minimum Gasteiger partial charge on any atom is -1.00 e. The highest BCUT2D eigenvalue weighted by Gasteiger charge is 2.23. The molecule has 0 unspecified atom stereocenters. The summed E-state index contributed by atoms with van der Waals surface area (Å²) in [4.78, 5) is 4.29. The molecule has 1 heterocycles. The van der Waals surface area contributed by atoms with Crippen molar-refractivity contribution in [1.29, 1.82) is 0 Å². The molecule has 0 aliphatic carbocycles. The van der Waals surface area contributed by atoms with Gasteiger partial charge >= 0.3 is 0 Å². The SMILES string of the molecule is CCCC1=NC=C[N+]1(C)C.[I-]. The Bertz CT molecular complexity index is 183. The van der Waals surface area contributed by atoms with Crippen LogP contribution in [0.15, 0.2) is 17.4 Å². The predicted molar refractivity (Wildman–Crippen MR) is 43.6 cm³/mol. The number of hydrogen-bond acceptors (Lipinski definition) is 1. The fourth-order valence-electron chi connectivity index (χ4n) is 1.10. The van der Waals surface area contributed by atoms with Crippen LogP contribution in [0.25, 0.3) is 0 Å². The van der Waals surface area contributed by atoms with Gasteiger partial charge in [0.05, 0.1) is 20.3 Å². The molecule has 1 aliphatic heterocycles. The van der Waals surface area contributed by atoms with E-state index in [-0.39, 0.29) is 24.0 Å². The molecule has 1 aliphatic rings. The summed E-state index contributed by atoms with van der Waals surface area (Å²) in [6.45, 7) is 2.18. The molecule has 1 rings (SSSR count). The average molecular weight is 266 g/mol. The van der Waals surface area contributed by atoms with Crippen LogP contribution in [0.2, 0.25) is 0 Å². The van der Waals surface area contributed by atoms with E-state index in [0.29, 0.717) is 0 Å². The van der Waals surface area contributed by atoms with Crippen LogP contribution in [0.1, 0.15) is 19.8 Å². The van der Waals surface area contributed by atoms with Gasteiger partial charge in [-0.2, -0.15) is 0 Å². The van der Waals surface area contributed by atoms with Crippen molar-refractivity contribution >= 4 is 5.84 Å². The quantitative estimate of drug-likeness (QED) is 0.437. The zero-order valence-corrected chi connectivity index (χ0v) is 9.50. The summed E-state index contributed by atoms with van der Waals surface area (Å²) in [5, 5.41) is 0. The summed E-state index contributed by atoms with van der Waals surface area (Å²) < 4.78 is 0.841. The molecule has 0 radical (unpaired) electrons. The number of nitrogens with zero attached hydrogens (tertiary/aromatic N) is 2. The second-order valence-electron chi connectivity index (χ2n) is 3.13. The van der Waals surface area contributed by atoms with Gasteiger partial charge in [0.1, 0.15) is 6.20 Å². The van der Waals surface area contributed by atoms with Crippen molar-refractivity contribution in [3.63, 3.8) is 0 Å². The van der Waals surface area contributed by atoms with Gasteiger partial charge in [-0.3, -0.25) is 4.48 Å². The number of halogens is 1. The summed E-state index contributed by atoms with van der Waals surface area (Å²) in [5.74, 6) is 1.27. The molecule has 0 aromatic carbocycles. The maximum Gasteiger partial charge on any atom is 0.207 e. The largest absolute Gasteiger partial charge is 1.00 e. The molecule has 0 atom stereocenters. The number of hydrogen-bond donors (Lipinski definition) is 0. The Balaban J connectivity index is 0.000001000. The van der Waals surface area contributed by atoms with Crippen molar-refractivity contribution in [2.24, 2.45) is 4.99 Å². The van der Waals surface area contributed by atoms with Crippen LogP contribution in [-0.4, -0.2) is 24.4 Å². The van der Waals surface area contributed by atoms with Crippen LogP contribution < -0.4 is 24.0 Å². The maximum atomic E-state index is 4.29. The van der Waals surface area contributed by atoms with Crippen molar-refractivity contribution in [3.8, 4) is 0 Å².